The van der Waals surface area contributed by atoms with E-state index in [0.717, 1.165) is 41.2 Å². The monoisotopic (exact) mass is 376 g/mol. The highest BCUT2D eigenvalue weighted by Crippen LogP contribution is 2.40. The van der Waals surface area contributed by atoms with E-state index in [2.05, 4.69) is 22.8 Å². The molecule has 2 aromatic rings. The molecule has 1 saturated carbocycles. The molecule has 5 nitrogen and oxygen atoms in total. The first-order valence-electron chi connectivity index (χ1n) is 10.1. The number of nitrogens with zero attached hydrogens (tertiary/aromatic N) is 2. The number of aliphatic imine (C=N–C) groups is 1. The van der Waals surface area contributed by atoms with Gasteiger partial charge in [-0.3, -0.25) is 4.79 Å². The molecule has 28 heavy (non-hydrogen) atoms. The Bertz CT molecular complexity index is 897. The van der Waals surface area contributed by atoms with Gasteiger partial charge in [-0.15, -0.1) is 0 Å². The van der Waals surface area contributed by atoms with Gasteiger partial charge < -0.3 is 15.5 Å². The molecule has 146 valence electrons. The van der Waals surface area contributed by atoms with Gasteiger partial charge in [-0.05, 0) is 36.6 Å². The Hall–Kier alpha value is -2.82. The number of nitrogens with one attached hydrogen (secondary N) is 2. The molecule has 1 aliphatic carbocycles. The van der Waals surface area contributed by atoms with E-state index in [1.54, 1.807) is 19.0 Å². The molecule has 2 aromatic carbocycles. The van der Waals surface area contributed by atoms with Crippen molar-refractivity contribution in [3.05, 3.63) is 59.7 Å². The van der Waals surface area contributed by atoms with Gasteiger partial charge in [-0.25, -0.2) is 4.99 Å². The predicted molar refractivity (Wildman–Crippen MR) is 114 cm³/mol. The van der Waals surface area contributed by atoms with Crippen LogP contribution in [0.5, 0.6) is 0 Å². The molecular formula is C23H28N4O. The number of rotatable bonds is 3. The second kappa shape index (κ2) is 7.66. The van der Waals surface area contributed by atoms with Gasteiger partial charge in [0, 0.05) is 26.2 Å². The van der Waals surface area contributed by atoms with Crippen LogP contribution in [0.1, 0.15) is 48.0 Å². The van der Waals surface area contributed by atoms with Crippen molar-refractivity contribution in [3.63, 3.8) is 0 Å². The topological polar surface area (TPSA) is 56.7 Å². The second-order valence-electron chi connectivity index (χ2n) is 7.96. The Kier molecular flexibility index (Phi) is 5.07. The van der Waals surface area contributed by atoms with Gasteiger partial charge in [0.2, 0.25) is 0 Å². The number of para-hydroxylation sites is 2. The zero-order valence-electron chi connectivity index (χ0n) is 16.7. The van der Waals surface area contributed by atoms with E-state index in [1.807, 2.05) is 36.4 Å². The van der Waals surface area contributed by atoms with Crippen LogP contribution in [-0.2, 0) is 6.54 Å². The van der Waals surface area contributed by atoms with Gasteiger partial charge >= 0.3 is 0 Å². The minimum Gasteiger partial charge on any atom is -0.371 e. The highest BCUT2D eigenvalue weighted by molar-refractivity contribution is 6.00. The maximum atomic E-state index is 12.5. The normalized spacial score (nSPS) is 17.3. The van der Waals surface area contributed by atoms with Gasteiger partial charge in [-0.2, -0.15) is 0 Å². The summed E-state index contributed by atoms with van der Waals surface area (Å²) in [7, 11) is 3.57. The lowest BCUT2D eigenvalue weighted by Gasteiger charge is -2.42. The average Bonchev–Trinajstić information content (AvgIpc) is 2.72. The number of amides is 1. The number of carbonyl (C=O) groups excluding carboxylic acids is 1. The number of hydrogen-bond donors (Lipinski definition) is 2. The minimum absolute atomic E-state index is 0.0267. The van der Waals surface area contributed by atoms with Gasteiger partial charge in [0.05, 0.1) is 16.9 Å². The fourth-order valence-corrected chi connectivity index (χ4v) is 4.25. The fourth-order valence-electron chi connectivity index (χ4n) is 4.25. The molecule has 0 radical (unpaired) electrons. The standard InChI is InChI=1S/C23H28N4O/c1-27(2)21(28)18-11-5-4-10-17(18)16-24-22-23(14-8-3-9-15-23)26-20-13-7-6-12-19(20)25-22/h4-7,10-13,26H,3,8-9,14-16H2,1-2H3,(H,24,25). The quantitative estimate of drug-likeness (QED) is 0.838. The number of amidine groups is 1. The molecule has 0 atom stereocenters. The number of hydrogen-bond acceptors (Lipinski definition) is 4. The van der Waals surface area contributed by atoms with Crippen molar-refractivity contribution in [3.8, 4) is 0 Å². The second-order valence-corrected chi connectivity index (χ2v) is 7.96. The molecule has 2 aliphatic rings. The molecule has 0 saturated heterocycles. The van der Waals surface area contributed by atoms with Crippen LogP contribution in [0.15, 0.2) is 53.5 Å². The molecule has 1 aliphatic heterocycles. The zero-order chi connectivity index (χ0) is 19.6. The molecule has 2 N–H and O–H groups in total. The van der Waals surface area contributed by atoms with Crippen molar-refractivity contribution < 1.29 is 4.79 Å². The van der Waals surface area contributed by atoms with Crippen molar-refractivity contribution in [2.75, 3.05) is 19.4 Å². The van der Waals surface area contributed by atoms with E-state index in [1.165, 1.54) is 19.3 Å². The zero-order valence-corrected chi connectivity index (χ0v) is 16.7. The van der Waals surface area contributed by atoms with Crippen molar-refractivity contribution in [1.29, 1.82) is 0 Å². The summed E-state index contributed by atoms with van der Waals surface area (Å²) >= 11 is 0. The number of anilines is 1. The minimum atomic E-state index is -0.132. The van der Waals surface area contributed by atoms with Crippen LogP contribution in [-0.4, -0.2) is 36.3 Å². The third-order valence-corrected chi connectivity index (χ3v) is 5.77. The van der Waals surface area contributed by atoms with Crippen molar-refractivity contribution in [1.82, 2.24) is 10.2 Å². The SMILES string of the molecule is CN(C)C(=O)c1ccccc1CNC1=Nc2ccccc2NC12CCCCC2. The summed E-state index contributed by atoms with van der Waals surface area (Å²) in [6, 6.07) is 16.0. The van der Waals surface area contributed by atoms with Crippen LogP contribution >= 0.6 is 0 Å². The average molecular weight is 377 g/mol. The van der Waals surface area contributed by atoms with Crippen molar-refractivity contribution in [2.45, 2.75) is 44.2 Å². The number of carbonyl (C=O) groups is 1. The third kappa shape index (κ3) is 3.49. The maximum absolute atomic E-state index is 12.5. The van der Waals surface area contributed by atoms with Crippen LogP contribution in [0.2, 0.25) is 0 Å². The van der Waals surface area contributed by atoms with E-state index in [-0.39, 0.29) is 11.4 Å². The van der Waals surface area contributed by atoms with Crippen LogP contribution in [0.4, 0.5) is 11.4 Å². The summed E-state index contributed by atoms with van der Waals surface area (Å²) in [6.07, 6.45) is 5.83. The first kappa shape index (κ1) is 18.5. The summed E-state index contributed by atoms with van der Waals surface area (Å²) in [6.45, 7) is 0.584. The van der Waals surface area contributed by atoms with E-state index in [9.17, 15) is 4.79 Å². The Labute approximate surface area is 166 Å². The van der Waals surface area contributed by atoms with Gasteiger partial charge in [0.15, 0.2) is 0 Å². The highest BCUT2D eigenvalue weighted by Gasteiger charge is 2.40. The molecule has 0 aromatic heterocycles. The first-order chi connectivity index (χ1) is 13.6. The van der Waals surface area contributed by atoms with E-state index < -0.39 is 0 Å². The molecule has 1 heterocycles. The fraction of sp³-hybridized carbons (Fsp3) is 0.391. The molecule has 1 amide bonds. The van der Waals surface area contributed by atoms with Gasteiger partial charge in [0.25, 0.3) is 5.91 Å². The van der Waals surface area contributed by atoms with Crippen molar-refractivity contribution in [2.24, 2.45) is 4.99 Å². The molecule has 0 bridgehead atoms. The highest BCUT2D eigenvalue weighted by atomic mass is 16.2. The molecular weight excluding hydrogens is 348 g/mol. The van der Waals surface area contributed by atoms with Gasteiger partial charge in [-0.1, -0.05) is 49.6 Å². The van der Waals surface area contributed by atoms with E-state index >= 15 is 0 Å². The summed E-state index contributed by atoms with van der Waals surface area (Å²) < 4.78 is 0. The lowest BCUT2D eigenvalue weighted by molar-refractivity contribution is 0.0826. The van der Waals surface area contributed by atoms with Crippen LogP contribution in [0.3, 0.4) is 0 Å². The Morgan fingerprint density at radius 1 is 1.07 bits per heavy atom. The van der Waals surface area contributed by atoms with E-state index in [4.69, 9.17) is 4.99 Å². The molecule has 1 fully saturated rings. The summed E-state index contributed by atoms with van der Waals surface area (Å²) in [5, 5.41) is 7.38. The van der Waals surface area contributed by atoms with Crippen LogP contribution in [0, 0.1) is 0 Å². The lowest BCUT2D eigenvalue weighted by Crippen LogP contribution is -2.54. The van der Waals surface area contributed by atoms with Crippen molar-refractivity contribution >= 4 is 23.1 Å². The number of fused-ring (bicyclic) bond motifs is 1. The summed E-state index contributed by atoms with van der Waals surface area (Å²) in [5.41, 5.74) is 3.68. The summed E-state index contributed by atoms with van der Waals surface area (Å²) in [5.74, 6) is 1.02. The summed E-state index contributed by atoms with van der Waals surface area (Å²) in [4.78, 5) is 19.1. The molecule has 4 rings (SSSR count). The Morgan fingerprint density at radius 2 is 1.79 bits per heavy atom. The van der Waals surface area contributed by atoms with Crippen LogP contribution < -0.4 is 10.6 Å². The number of benzene rings is 2. The maximum Gasteiger partial charge on any atom is 0.253 e. The molecule has 1 spiro atoms. The third-order valence-electron chi connectivity index (χ3n) is 5.77. The van der Waals surface area contributed by atoms with E-state index in [0.29, 0.717) is 6.54 Å². The lowest BCUT2D eigenvalue weighted by atomic mass is 9.79. The molecule has 0 unspecified atom stereocenters. The van der Waals surface area contributed by atoms with Gasteiger partial charge in [0.1, 0.15) is 5.84 Å². The Morgan fingerprint density at radius 3 is 2.57 bits per heavy atom. The smallest absolute Gasteiger partial charge is 0.253 e. The largest absolute Gasteiger partial charge is 0.371 e. The predicted octanol–water partition coefficient (Wildman–Crippen LogP) is 4.34. The Balaban J connectivity index is 1.63. The molecule has 5 heteroatoms. The van der Waals surface area contributed by atoms with Crippen LogP contribution in [0.25, 0.3) is 0 Å². The first-order valence-corrected chi connectivity index (χ1v) is 10.1.